The summed E-state index contributed by atoms with van der Waals surface area (Å²) in [5.41, 5.74) is 2.58. The van der Waals surface area contributed by atoms with E-state index in [0.29, 0.717) is 6.61 Å². The zero-order chi connectivity index (χ0) is 15.6. The number of allylic oxidation sites excluding steroid dienone is 1. The van der Waals surface area contributed by atoms with Gasteiger partial charge in [-0.2, -0.15) is 0 Å². The molecule has 0 spiro atoms. The number of benzene rings is 1. The quantitative estimate of drug-likeness (QED) is 0.616. The molecule has 1 aromatic carbocycles. The van der Waals surface area contributed by atoms with Crippen LogP contribution in [0.15, 0.2) is 55.1 Å². The molecule has 1 fully saturated rings. The molecular formula is C21H26O. The van der Waals surface area contributed by atoms with E-state index in [-0.39, 0.29) is 5.41 Å². The third-order valence-electron chi connectivity index (χ3n) is 5.38. The molecule has 0 aliphatic heterocycles. The van der Waals surface area contributed by atoms with Crippen molar-refractivity contribution in [2.45, 2.75) is 32.6 Å². The van der Waals surface area contributed by atoms with E-state index in [0.717, 1.165) is 23.1 Å². The molecule has 0 radical (unpaired) electrons. The van der Waals surface area contributed by atoms with Gasteiger partial charge in [-0.05, 0) is 62.1 Å². The SMILES string of the molecule is C=Cc1ccc(OCC(C)(C=C)C2=CCC3CC(C2)C3)cc1. The number of fused-ring (bicyclic) bond motifs is 2. The van der Waals surface area contributed by atoms with Gasteiger partial charge in [0.25, 0.3) is 0 Å². The second kappa shape index (κ2) is 6.16. The molecule has 4 rings (SSSR count). The van der Waals surface area contributed by atoms with Gasteiger partial charge in [-0.3, -0.25) is 0 Å². The fourth-order valence-electron chi connectivity index (χ4n) is 3.62. The molecule has 0 N–H and O–H groups in total. The zero-order valence-electron chi connectivity index (χ0n) is 13.6. The first-order valence-electron chi connectivity index (χ1n) is 8.31. The van der Waals surface area contributed by atoms with Gasteiger partial charge in [-0.25, -0.2) is 0 Å². The van der Waals surface area contributed by atoms with E-state index in [1.54, 1.807) is 0 Å². The van der Waals surface area contributed by atoms with Gasteiger partial charge < -0.3 is 4.74 Å². The van der Waals surface area contributed by atoms with Gasteiger partial charge in [0.05, 0.1) is 0 Å². The summed E-state index contributed by atoms with van der Waals surface area (Å²) in [7, 11) is 0. The van der Waals surface area contributed by atoms with Crippen molar-refractivity contribution in [2.24, 2.45) is 17.3 Å². The van der Waals surface area contributed by atoms with Crippen LogP contribution in [0, 0.1) is 17.3 Å². The lowest BCUT2D eigenvalue weighted by Gasteiger charge is -2.35. The summed E-state index contributed by atoms with van der Waals surface area (Å²) in [4.78, 5) is 0. The minimum Gasteiger partial charge on any atom is -0.492 e. The fourth-order valence-corrected chi connectivity index (χ4v) is 3.62. The molecule has 0 heterocycles. The highest BCUT2D eigenvalue weighted by atomic mass is 16.5. The summed E-state index contributed by atoms with van der Waals surface area (Å²) in [5.74, 6) is 2.74. The summed E-state index contributed by atoms with van der Waals surface area (Å²) in [6, 6.07) is 8.10. The maximum Gasteiger partial charge on any atom is 0.119 e. The molecular weight excluding hydrogens is 268 g/mol. The van der Waals surface area contributed by atoms with Gasteiger partial charge in [0, 0.05) is 5.41 Å². The van der Waals surface area contributed by atoms with E-state index < -0.39 is 0 Å². The monoisotopic (exact) mass is 294 g/mol. The van der Waals surface area contributed by atoms with Crippen molar-refractivity contribution in [2.75, 3.05) is 6.61 Å². The van der Waals surface area contributed by atoms with Gasteiger partial charge in [0.2, 0.25) is 0 Å². The second-order valence-corrected chi connectivity index (χ2v) is 7.06. The molecule has 3 aliphatic carbocycles. The van der Waals surface area contributed by atoms with Gasteiger partial charge in [0.15, 0.2) is 0 Å². The van der Waals surface area contributed by atoms with Gasteiger partial charge in [0.1, 0.15) is 12.4 Å². The Morgan fingerprint density at radius 3 is 2.55 bits per heavy atom. The third kappa shape index (κ3) is 3.04. The van der Waals surface area contributed by atoms with Gasteiger partial charge in [-0.1, -0.05) is 42.5 Å². The van der Waals surface area contributed by atoms with Crippen LogP contribution in [0.4, 0.5) is 0 Å². The normalized spacial score (nSPS) is 26.0. The van der Waals surface area contributed by atoms with Crippen LogP contribution in [0.5, 0.6) is 5.75 Å². The Labute approximate surface area is 134 Å². The molecule has 0 aromatic heterocycles. The largest absolute Gasteiger partial charge is 0.492 e. The lowest BCUT2D eigenvalue weighted by atomic mass is 9.71. The first kappa shape index (κ1) is 15.1. The van der Waals surface area contributed by atoms with E-state index >= 15 is 0 Å². The van der Waals surface area contributed by atoms with E-state index in [1.807, 2.05) is 30.3 Å². The standard InChI is InChI=1S/C21H26O/c1-4-16-7-10-20(11-8-16)22-15-21(3,5-2)19-9-6-17-12-18(13-17)14-19/h4-5,7-11,17-18H,1-2,6,12-15H2,3H3. The second-order valence-electron chi connectivity index (χ2n) is 7.06. The summed E-state index contributed by atoms with van der Waals surface area (Å²) in [6.45, 7) is 10.8. The molecule has 0 saturated heterocycles. The Morgan fingerprint density at radius 1 is 1.18 bits per heavy atom. The van der Waals surface area contributed by atoms with Gasteiger partial charge in [-0.15, -0.1) is 6.58 Å². The van der Waals surface area contributed by atoms with E-state index in [9.17, 15) is 0 Å². The zero-order valence-corrected chi connectivity index (χ0v) is 13.6. The highest BCUT2D eigenvalue weighted by molar-refractivity contribution is 5.48. The lowest BCUT2D eigenvalue weighted by Crippen LogP contribution is -2.27. The molecule has 116 valence electrons. The summed E-state index contributed by atoms with van der Waals surface area (Å²) < 4.78 is 6.06. The van der Waals surface area contributed by atoms with Crippen molar-refractivity contribution >= 4 is 6.08 Å². The molecule has 1 aromatic rings. The Kier molecular flexibility index (Phi) is 4.24. The number of rotatable bonds is 6. The van der Waals surface area contributed by atoms with Crippen molar-refractivity contribution in [3.05, 3.63) is 60.7 Å². The van der Waals surface area contributed by atoms with Crippen LogP contribution in [-0.2, 0) is 0 Å². The molecule has 0 amide bonds. The first-order chi connectivity index (χ1) is 10.6. The Morgan fingerprint density at radius 2 is 1.91 bits per heavy atom. The molecule has 2 bridgehead atoms. The maximum absolute atomic E-state index is 6.06. The average Bonchev–Trinajstić information content (AvgIpc) is 2.87. The van der Waals surface area contributed by atoms with Crippen LogP contribution in [-0.4, -0.2) is 6.61 Å². The maximum atomic E-state index is 6.06. The van der Waals surface area contributed by atoms with E-state index in [1.165, 1.54) is 31.3 Å². The predicted octanol–water partition coefficient (Wildman–Crippen LogP) is 5.65. The van der Waals surface area contributed by atoms with Crippen LogP contribution in [0.1, 0.15) is 38.2 Å². The van der Waals surface area contributed by atoms with Crippen molar-refractivity contribution in [1.82, 2.24) is 0 Å². The Bertz CT molecular complexity index is 574. The Hall–Kier alpha value is -1.76. The number of ether oxygens (including phenoxy) is 1. The first-order valence-corrected chi connectivity index (χ1v) is 8.31. The molecule has 1 nitrogen and oxygen atoms in total. The highest BCUT2D eigenvalue weighted by Gasteiger charge is 2.36. The van der Waals surface area contributed by atoms with Crippen LogP contribution < -0.4 is 4.74 Å². The molecule has 22 heavy (non-hydrogen) atoms. The molecule has 1 unspecified atom stereocenters. The van der Waals surface area contributed by atoms with Crippen molar-refractivity contribution < 1.29 is 4.74 Å². The minimum absolute atomic E-state index is 0.0609. The van der Waals surface area contributed by atoms with Crippen LogP contribution in [0.2, 0.25) is 0 Å². The fraction of sp³-hybridized carbons (Fsp3) is 0.429. The summed E-state index contributed by atoms with van der Waals surface area (Å²) >= 11 is 0. The van der Waals surface area contributed by atoms with E-state index in [4.69, 9.17) is 4.74 Å². The minimum atomic E-state index is -0.0609. The molecule has 1 atom stereocenters. The van der Waals surface area contributed by atoms with Crippen molar-refractivity contribution in [3.63, 3.8) is 0 Å². The smallest absolute Gasteiger partial charge is 0.119 e. The molecule has 1 saturated carbocycles. The third-order valence-corrected chi connectivity index (χ3v) is 5.38. The van der Waals surface area contributed by atoms with Crippen LogP contribution >= 0.6 is 0 Å². The lowest BCUT2D eigenvalue weighted by molar-refractivity contribution is 0.189. The molecule has 1 heteroatoms. The number of hydrogen-bond acceptors (Lipinski definition) is 1. The predicted molar refractivity (Wildman–Crippen MR) is 93.9 cm³/mol. The van der Waals surface area contributed by atoms with Crippen LogP contribution in [0.3, 0.4) is 0 Å². The Balaban J connectivity index is 1.68. The topological polar surface area (TPSA) is 9.23 Å². The molecule has 3 aliphatic rings. The number of hydrogen-bond donors (Lipinski definition) is 0. The summed E-state index contributed by atoms with van der Waals surface area (Å²) in [6.07, 6.45) is 11.7. The van der Waals surface area contributed by atoms with E-state index in [2.05, 4.69) is 32.2 Å². The van der Waals surface area contributed by atoms with Crippen LogP contribution in [0.25, 0.3) is 6.08 Å². The van der Waals surface area contributed by atoms with Crippen molar-refractivity contribution in [1.29, 1.82) is 0 Å². The average molecular weight is 294 g/mol. The van der Waals surface area contributed by atoms with Gasteiger partial charge >= 0.3 is 0 Å². The van der Waals surface area contributed by atoms with Crippen molar-refractivity contribution in [3.8, 4) is 5.75 Å². The highest BCUT2D eigenvalue weighted by Crippen LogP contribution is 2.47. The summed E-state index contributed by atoms with van der Waals surface area (Å²) in [5, 5.41) is 0.